The Morgan fingerprint density at radius 2 is 1.96 bits per heavy atom. The Morgan fingerprint density at radius 3 is 2.58 bits per heavy atom. The van der Waals surface area contributed by atoms with Crippen molar-refractivity contribution in [3.05, 3.63) is 29.8 Å². The number of alkyl halides is 2. The molecule has 1 aromatic carbocycles. The smallest absolute Gasteiger partial charge is 0.387 e. The zero-order valence-electron chi connectivity index (χ0n) is 15.8. The lowest BCUT2D eigenvalue weighted by atomic mass is 9.94. The lowest BCUT2D eigenvalue weighted by Crippen LogP contribution is -2.40. The van der Waals surface area contributed by atoms with Crippen LogP contribution in [0.1, 0.15) is 39.2 Å². The number of benzene rings is 1. The molecule has 0 aliphatic carbocycles. The van der Waals surface area contributed by atoms with Gasteiger partial charge < -0.3 is 20.5 Å². The molecule has 0 saturated carbocycles. The summed E-state index contributed by atoms with van der Waals surface area (Å²) in [5.74, 6) is 1.65. The number of guanidine groups is 1. The van der Waals surface area contributed by atoms with E-state index in [1.807, 2.05) is 6.92 Å². The number of hydrogen-bond acceptors (Lipinski definition) is 3. The first-order chi connectivity index (χ1) is 12.5. The minimum absolute atomic E-state index is 0.139. The van der Waals surface area contributed by atoms with Crippen molar-refractivity contribution in [2.24, 2.45) is 16.8 Å². The second kappa shape index (κ2) is 12.5. The summed E-state index contributed by atoms with van der Waals surface area (Å²) >= 11 is 0. The maximum absolute atomic E-state index is 12.5. The number of aliphatic hydroxyl groups excluding tert-OH is 1. The van der Waals surface area contributed by atoms with Crippen LogP contribution in [0.25, 0.3) is 0 Å². The summed E-state index contributed by atoms with van der Waals surface area (Å²) < 4.78 is 29.5. The molecule has 5 nitrogen and oxygen atoms in total. The quantitative estimate of drug-likeness (QED) is 0.412. The van der Waals surface area contributed by atoms with Gasteiger partial charge in [-0.1, -0.05) is 32.0 Å². The number of nitrogens with one attached hydrogen (secondary N) is 2. The summed E-state index contributed by atoms with van der Waals surface area (Å²) in [5.41, 5.74) is 0.596. The lowest BCUT2D eigenvalue weighted by Gasteiger charge is -2.20. The van der Waals surface area contributed by atoms with Gasteiger partial charge in [-0.25, -0.2) is 4.99 Å². The van der Waals surface area contributed by atoms with E-state index in [1.165, 1.54) is 6.07 Å². The van der Waals surface area contributed by atoms with Crippen molar-refractivity contribution >= 4 is 5.96 Å². The number of hydrogen-bond donors (Lipinski definition) is 3. The predicted octanol–water partition coefficient (Wildman–Crippen LogP) is 3.39. The van der Waals surface area contributed by atoms with Crippen LogP contribution in [-0.2, 0) is 6.54 Å². The highest BCUT2D eigenvalue weighted by Crippen LogP contribution is 2.21. The Kier molecular flexibility index (Phi) is 10.6. The van der Waals surface area contributed by atoms with Crippen LogP contribution in [0.2, 0.25) is 0 Å². The first kappa shape index (κ1) is 22.2. The Balaban J connectivity index is 2.74. The van der Waals surface area contributed by atoms with Gasteiger partial charge in [0.15, 0.2) is 5.96 Å². The first-order valence-electron chi connectivity index (χ1n) is 9.12. The normalized spacial score (nSPS) is 13.2. The highest BCUT2D eigenvalue weighted by molar-refractivity contribution is 5.79. The summed E-state index contributed by atoms with van der Waals surface area (Å²) in [6.45, 7) is 5.19. The van der Waals surface area contributed by atoms with Crippen LogP contribution >= 0.6 is 0 Å². The minimum Gasteiger partial charge on any atom is -0.434 e. The van der Waals surface area contributed by atoms with Crippen molar-refractivity contribution in [2.75, 3.05) is 19.7 Å². The number of nitrogens with zero attached hydrogens (tertiary/aromatic N) is 1. The fourth-order valence-corrected chi connectivity index (χ4v) is 2.74. The molecule has 0 aliphatic rings. The Labute approximate surface area is 154 Å². The third-order valence-electron chi connectivity index (χ3n) is 3.84. The molecule has 0 spiro atoms. The summed E-state index contributed by atoms with van der Waals surface area (Å²) in [7, 11) is 0. The molecular formula is C19H31F2N3O2. The van der Waals surface area contributed by atoms with Gasteiger partial charge in [-0.3, -0.25) is 0 Å². The van der Waals surface area contributed by atoms with Gasteiger partial charge in [0, 0.05) is 25.3 Å². The maximum Gasteiger partial charge on any atom is 0.387 e. The predicted molar refractivity (Wildman–Crippen MR) is 101 cm³/mol. The summed E-state index contributed by atoms with van der Waals surface area (Å²) in [4.78, 5) is 4.47. The minimum atomic E-state index is -2.86. The number of halogens is 2. The number of rotatable bonds is 11. The average Bonchev–Trinajstić information content (AvgIpc) is 2.57. The molecular weight excluding hydrogens is 340 g/mol. The van der Waals surface area contributed by atoms with E-state index >= 15 is 0 Å². The van der Waals surface area contributed by atoms with Crippen LogP contribution in [0.4, 0.5) is 8.78 Å². The molecule has 0 heterocycles. The van der Waals surface area contributed by atoms with E-state index in [9.17, 15) is 13.9 Å². The zero-order chi connectivity index (χ0) is 19.4. The fourth-order valence-electron chi connectivity index (χ4n) is 2.74. The molecule has 0 saturated heterocycles. The summed E-state index contributed by atoms with van der Waals surface area (Å²) in [6, 6.07) is 6.65. The fraction of sp³-hybridized carbons (Fsp3) is 0.632. The topological polar surface area (TPSA) is 65.9 Å². The van der Waals surface area contributed by atoms with Crippen molar-refractivity contribution < 1.29 is 18.6 Å². The summed E-state index contributed by atoms with van der Waals surface area (Å²) in [5, 5.41) is 15.7. The lowest BCUT2D eigenvalue weighted by molar-refractivity contribution is -0.0504. The standard InChI is InChI=1S/C19H31F2N3O2/c1-4-22-19(23-12-15(9-10-25)11-14(2)3)24-13-16-7-5-6-8-17(16)26-18(20)21/h5-8,14-15,18,25H,4,9-13H2,1-3H3,(H2,22,23,24). The molecule has 0 radical (unpaired) electrons. The monoisotopic (exact) mass is 371 g/mol. The van der Waals surface area contributed by atoms with Crippen molar-refractivity contribution in [3.63, 3.8) is 0 Å². The van der Waals surface area contributed by atoms with Gasteiger partial charge in [-0.15, -0.1) is 0 Å². The molecule has 26 heavy (non-hydrogen) atoms. The molecule has 0 aromatic heterocycles. The molecule has 7 heteroatoms. The number of para-hydroxylation sites is 1. The molecule has 0 aliphatic heterocycles. The third-order valence-corrected chi connectivity index (χ3v) is 3.84. The van der Waals surface area contributed by atoms with Gasteiger partial charge in [0.05, 0.1) is 6.54 Å². The van der Waals surface area contributed by atoms with Crippen LogP contribution in [0, 0.1) is 11.8 Å². The molecule has 0 amide bonds. The van der Waals surface area contributed by atoms with Gasteiger partial charge in [-0.05, 0) is 37.7 Å². The van der Waals surface area contributed by atoms with E-state index in [2.05, 4.69) is 34.2 Å². The second-order valence-corrected chi connectivity index (χ2v) is 6.57. The Morgan fingerprint density at radius 1 is 1.23 bits per heavy atom. The number of aliphatic imine (C=N–C) groups is 1. The van der Waals surface area contributed by atoms with Gasteiger partial charge in [0.2, 0.25) is 0 Å². The Hall–Kier alpha value is -1.89. The van der Waals surface area contributed by atoms with E-state index in [1.54, 1.807) is 18.2 Å². The second-order valence-electron chi connectivity index (χ2n) is 6.57. The first-order valence-corrected chi connectivity index (χ1v) is 9.12. The van der Waals surface area contributed by atoms with Crippen molar-refractivity contribution in [3.8, 4) is 5.75 Å². The van der Waals surface area contributed by atoms with Crippen LogP contribution in [0.3, 0.4) is 0 Å². The van der Waals surface area contributed by atoms with Gasteiger partial charge >= 0.3 is 6.61 Å². The van der Waals surface area contributed by atoms with E-state index in [0.29, 0.717) is 36.4 Å². The van der Waals surface area contributed by atoms with Crippen LogP contribution in [-0.4, -0.2) is 37.4 Å². The SMILES string of the molecule is CCNC(=NCc1ccccc1OC(F)F)NCC(CCO)CC(C)C. The maximum atomic E-state index is 12.5. The molecule has 0 fully saturated rings. The van der Waals surface area contributed by atoms with Crippen LogP contribution in [0.15, 0.2) is 29.3 Å². The van der Waals surface area contributed by atoms with Crippen LogP contribution < -0.4 is 15.4 Å². The average molecular weight is 371 g/mol. The van der Waals surface area contributed by atoms with Crippen molar-refractivity contribution in [1.82, 2.24) is 10.6 Å². The largest absolute Gasteiger partial charge is 0.434 e. The third kappa shape index (κ3) is 8.99. The zero-order valence-corrected chi connectivity index (χ0v) is 15.8. The molecule has 1 aromatic rings. The van der Waals surface area contributed by atoms with E-state index in [-0.39, 0.29) is 18.9 Å². The van der Waals surface area contributed by atoms with Crippen LogP contribution in [0.5, 0.6) is 5.75 Å². The van der Waals surface area contributed by atoms with E-state index in [0.717, 1.165) is 12.8 Å². The molecule has 1 rings (SSSR count). The highest BCUT2D eigenvalue weighted by atomic mass is 19.3. The number of aliphatic hydroxyl groups is 1. The van der Waals surface area contributed by atoms with Gasteiger partial charge in [-0.2, -0.15) is 8.78 Å². The molecule has 0 bridgehead atoms. The molecule has 148 valence electrons. The Bertz CT molecular complexity index is 539. The molecule has 3 N–H and O–H groups in total. The van der Waals surface area contributed by atoms with Gasteiger partial charge in [0.25, 0.3) is 0 Å². The molecule has 1 unspecified atom stereocenters. The van der Waals surface area contributed by atoms with E-state index < -0.39 is 6.61 Å². The molecule has 1 atom stereocenters. The highest BCUT2D eigenvalue weighted by Gasteiger charge is 2.12. The number of ether oxygens (including phenoxy) is 1. The van der Waals surface area contributed by atoms with E-state index in [4.69, 9.17) is 0 Å². The van der Waals surface area contributed by atoms with Gasteiger partial charge in [0.1, 0.15) is 5.75 Å². The van der Waals surface area contributed by atoms with Crippen molar-refractivity contribution in [2.45, 2.75) is 46.8 Å². The summed E-state index contributed by atoms with van der Waals surface area (Å²) in [6.07, 6.45) is 1.74. The van der Waals surface area contributed by atoms with Crippen molar-refractivity contribution in [1.29, 1.82) is 0 Å².